The fourth-order valence-electron chi connectivity index (χ4n) is 2.94. The fourth-order valence-corrected chi connectivity index (χ4v) is 4.13. The number of carbonyl (C=O) groups is 1. The highest BCUT2D eigenvalue weighted by Gasteiger charge is 2.33. The number of alkyl halides is 3. The van der Waals surface area contributed by atoms with Gasteiger partial charge < -0.3 is 14.5 Å². The Labute approximate surface area is 191 Å². The van der Waals surface area contributed by atoms with Crippen molar-refractivity contribution in [2.75, 3.05) is 44.0 Å². The molecule has 1 saturated heterocycles. The third kappa shape index (κ3) is 6.64. The summed E-state index contributed by atoms with van der Waals surface area (Å²) >= 11 is 12.8. The molecule has 1 amide bonds. The second-order valence-electron chi connectivity index (χ2n) is 6.87. The van der Waals surface area contributed by atoms with Gasteiger partial charge in [0.25, 0.3) is 0 Å². The molecule has 0 N–H and O–H groups in total. The molecule has 170 valence electrons. The first-order chi connectivity index (χ1) is 14.6. The summed E-state index contributed by atoms with van der Waals surface area (Å²) in [7, 11) is 1.60. The second-order valence-corrected chi connectivity index (χ2v) is 8.63. The van der Waals surface area contributed by atoms with Crippen molar-refractivity contribution in [3.05, 3.63) is 33.8 Å². The van der Waals surface area contributed by atoms with Gasteiger partial charge in [0.15, 0.2) is 5.16 Å². The lowest BCUT2D eigenvalue weighted by Crippen LogP contribution is -2.38. The van der Waals surface area contributed by atoms with Gasteiger partial charge in [-0.25, -0.2) is 0 Å². The third-order valence-electron chi connectivity index (χ3n) is 4.48. The number of benzene rings is 1. The maximum Gasteiger partial charge on any atom is 0.406 e. The van der Waals surface area contributed by atoms with Crippen LogP contribution in [-0.4, -0.2) is 70.9 Å². The van der Waals surface area contributed by atoms with Crippen molar-refractivity contribution in [2.24, 2.45) is 0 Å². The SMILES string of the molecule is CN(Cc1ccc(Cl)c(Cl)c1)C(=O)CSc1nnc(N2CCOCC2)n1CC(F)(F)F. The van der Waals surface area contributed by atoms with Gasteiger partial charge in [0.2, 0.25) is 11.9 Å². The largest absolute Gasteiger partial charge is 0.406 e. The predicted molar refractivity (Wildman–Crippen MR) is 113 cm³/mol. The van der Waals surface area contributed by atoms with Gasteiger partial charge in [-0.05, 0) is 17.7 Å². The number of hydrogen-bond acceptors (Lipinski definition) is 6. The lowest BCUT2D eigenvalue weighted by molar-refractivity contribution is -0.141. The Morgan fingerprint density at radius 3 is 2.58 bits per heavy atom. The molecular formula is C18H20Cl2F3N5O2S. The number of ether oxygens (including phenoxy) is 1. The summed E-state index contributed by atoms with van der Waals surface area (Å²) in [5.74, 6) is -0.234. The summed E-state index contributed by atoms with van der Waals surface area (Å²) in [6.45, 7) is 0.698. The van der Waals surface area contributed by atoms with E-state index < -0.39 is 12.7 Å². The summed E-state index contributed by atoms with van der Waals surface area (Å²) in [4.78, 5) is 15.7. The molecule has 1 aromatic heterocycles. The van der Waals surface area contributed by atoms with Crippen LogP contribution < -0.4 is 4.90 Å². The number of hydrogen-bond donors (Lipinski definition) is 0. The first-order valence-electron chi connectivity index (χ1n) is 9.27. The van der Waals surface area contributed by atoms with Crippen LogP contribution >= 0.6 is 35.0 Å². The van der Waals surface area contributed by atoms with Gasteiger partial charge in [0.1, 0.15) is 6.54 Å². The number of nitrogens with zero attached hydrogens (tertiary/aromatic N) is 5. The van der Waals surface area contributed by atoms with Gasteiger partial charge in [-0.3, -0.25) is 9.36 Å². The summed E-state index contributed by atoms with van der Waals surface area (Å²) in [6, 6.07) is 5.05. The Balaban J connectivity index is 1.67. The monoisotopic (exact) mass is 497 g/mol. The molecule has 1 aliphatic heterocycles. The minimum atomic E-state index is -4.45. The molecular weight excluding hydrogens is 478 g/mol. The van der Waals surface area contributed by atoms with Crippen LogP contribution in [0.1, 0.15) is 5.56 Å². The van der Waals surface area contributed by atoms with Gasteiger partial charge in [-0.15, -0.1) is 10.2 Å². The molecule has 2 aromatic rings. The highest BCUT2D eigenvalue weighted by molar-refractivity contribution is 7.99. The lowest BCUT2D eigenvalue weighted by Gasteiger charge is -2.28. The number of carbonyl (C=O) groups excluding carboxylic acids is 1. The van der Waals surface area contributed by atoms with Crippen molar-refractivity contribution >= 4 is 46.8 Å². The highest BCUT2D eigenvalue weighted by Crippen LogP contribution is 2.28. The van der Waals surface area contributed by atoms with E-state index in [0.29, 0.717) is 36.3 Å². The number of aromatic nitrogens is 3. The first-order valence-corrected chi connectivity index (χ1v) is 11.0. The van der Waals surface area contributed by atoms with Gasteiger partial charge in [-0.1, -0.05) is 41.0 Å². The highest BCUT2D eigenvalue weighted by atomic mass is 35.5. The molecule has 0 aliphatic carbocycles. The zero-order valence-corrected chi connectivity index (χ0v) is 18.9. The molecule has 0 unspecified atom stereocenters. The van der Waals surface area contributed by atoms with Crippen LogP contribution in [0, 0.1) is 0 Å². The van der Waals surface area contributed by atoms with E-state index in [-0.39, 0.29) is 29.3 Å². The molecule has 31 heavy (non-hydrogen) atoms. The smallest absolute Gasteiger partial charge is 0.378 e. The number of anilines is 1. The van der Waals surface area contributed by atoms with Gasteiger partial charge >= 0.3 is 6.18 Å². The van der Waals surface area contributed by atoms with Gasteiger partial charge in [0.05, 0.1) is 29.0 Å². The summed E-state index contributed by atoms with van der Waals surface area (Å²) in [6.07, 6.45) is -4.45. The maximum absolute atomic E-state index is 13.2. The van der Waals surface area contributed by atoms with Crippen LogP contribution in [-0.2, 0) is 22.6 Å². The average Bonchev–Trinajstić information content (AvgIpc) is 3.10. The molecule has 0 radical (unpaired) electrons. The van der Waals surface area contributed by atoms with Crippen LogP contribution in [0.25, 0.3) is 0 Å². The molecule has 13 heteroatoms. The number of amides is 1. The molecule has 0 spiro atoms. The molecule has 2 heterocycles. The zero-order valence-electron chi connectivity index (χ0n) is 16.5. The maximum atomic E-state index is 13.2. The molecule has 1 fully saturated rings. The summed E-state index contributed by atoms with van der Waals surface area (Å²) in [5.41, 5.74) is 0.782. The van der Waals surface area contributed by atoms with Crippen molar-refractivity contribution in [2.45, 2.75) is 24.4 Å². The second kappa shape index (κ2) is 10.3. The minimum absolute atomic E-state index is 0.0371. The van der Waals surface area contributed by atoms with Crippen LogP contribution in [0.3, 0.4) is 0 Å². The van der Waals surface area contributed by atoms with Crippen molar-refractivity contribution in [3.8, 4) is 0 Å². The van der Waals surface area contributed by atoms with Crippen molar-refractivity contribution in [1.29, 1.82) is 0 Å². The van der Waals surface area contributed by atoms with Crippen LogP contribution in [0.5, 0.6) is 0 Å². The van der Waals surface area contributed by atoms with Gasteiger partial charge in [-0.2, -0.15) is 13.2 Å². The van der Waals surface area contributed by atoms with Crippen molar-refractivity contribution in [3.63, 3.8) is 0 Å². The first kappa shape index (κ1) is 24.0. The molecule has 0 saturated carbocycles. The summed E-state index contributed by atoms with van der Waals surface area (Å²) in [5, 5.41) is 8.67. The van der Waals surface area contributed by atoms with Crippen LogP contribution in [0.15, 0.2) is 23.4 Å². The normalized spacial score (nSPS) is 14.7. The average molecular weight is 498 g/mol. The number of morpholine rings is 1. The molecule has 1 aromatic carbocycles. The van der Waals surface area contributed by atoms with E-state index in [1.807, 2.05) is 0 Å². The molecule has 1 aliphatic rings. The number of thioether (sulfide) groups is 1. The quantitative estimate of drug-likeness (QED) is 0.543. The lowest BCUT2D eigenvalue weighted by atomic mass is 10.2. The van der Waals surface area contributed by atoms with E-state index in [4.69, 9.17) is 27.9 Å². The molecule has 3 rings (SSSR count). The van der Waals surface area contributed by atoms with Crippen LogP contribution in [0.4, 0.5) is 19.1 Å². The zero-order chi connectivity index (χ0) is 22.6. The Kier molecular flexibility index (Phi) is 7.95. The molecule has 0 atom stereocenters. The Bertz CT molecular complexity index is 922. The van der Waals surface area contributed by atoms with E-state index in [1.54, 1.807) is 30.1 Å². The Morgan fingerprint density at radius 1 is 1.23 bits per heavy atom. The fraction of sp³-hybridized carbons (Fsp3) is 0.500. The van der Waals surface area contributed by atoms with Crippen LogP contribution in [0.2, 0.25) is 10.0 Å². The Morgan fingerprint density at radius 2 is 1.94 bits per heavy atom. The predicted octanol–water partition coefficient (Wildman–Crippen LogP) is 3.73. The number of rotatable bonds is 7. The Hall–Kier alpha value is -1.69. The number of halogens is 5. The third-order valence-corrected chi connectivity index (χ3v) is 6.17. The van der Waals surface area contributed by atoms with E-state index in [1.165, 1.54) is 4.90 Å². The van der Waals surface area contributed by atoms with Gasteiger partial charge in [0, 0.05) is 26.7 Å². The molecule has 0 bridgehead atoms. The van der Waals surface area contributed by atoms with E-state index >= 15 is 0 Å². The van der Waals surface area contributed by atoms with Crippen molar-refractivity contribution in [1.82, 2.24) is 19.7 Å². The topological polar surface area (TPSA) is 63.5 Å². The van der Waals surface area contributed by atoms with Crippen molar-refractivity contribution < 1.29 is 22.7 Å². The summed E-state index contributed by atoms with van der Waals surface area (Å²) < 4.78 is 45.7. The molecule has 7 nitrogen and oxygen atoms in total. The van der Waals surface area contributed by atoms with E-state index in [2.05, 4.69) is 10.2 Å². The van der Waals surface area contributed by atoms with E-state index in [0.717, 1.165) is 21.9 Å². The van der Waals surface area contributed by atoms with E-state index in [9.17, 15) is 18.0 Å². The minimum Gasteiger partial charge on any atom is -0.378 e. The standard InChI is InChI=1S/C18H20Cl2F3N5O2S/c1-26(9-12-2-3-13(19)14(20)8-12)15(29)10-31-17-25-24-16(27-4-6-30-7-5-27)28(17)11-18(21,22)23/h2-3,8H,4-7,9-11H2,1H3.